The van der Waals surface area contributed by atoms with Crippen molar-refractivity contribution in [3.05, 3.63) is 47.9 Å². The quantitative estimate of drug-likeness (QED) is 0.333. The first kappa shape index (κ1) is 21.1. The summed E-state index contributed by atoms with van der Waals surface area (Å²) in [6, 6.07) is 9.44. The van der Waals surface area contributed by atoms with Crippen LogP contribution in [-0.2, 0) is 22.6 Å². The molecule has 1 aliphatic rings. The number of anilines is 1. The summed E-state index contributed by atoms with van der Waals surface area (Å²) in [5, 5.41) is 4.70. The number of hydrogen-bond acceptors (Lipinski definition) is 8. The van der Waals surface area contributed by atoms with E-state index in [1.165, 1.54) is 11.8 Å². The molecule has 3 aromatic heterocycles. The smallest absolute Gasteiger partial charge is 0.234 e. The van der Waals surface area contributed by atoms with E-state index >= 15 is 0 Å². The van der Waals surface area contributed by atoms with Gasteiger partial charge in [-0.15, -0.1) is 11.3 Å². The number of hydrogen-bond donors (Lipinski definition) is 1. The minimum atomic E-state index is -0.207. The molecule has 0 spiro atoms. The number of thioether (sulfide) groups is 1. The van der Waals surface area contributed by atoms with Gasteiger partial charge in [0.05, 0.1) is 41.0 Å². The molecule has 0 saturated heterocycles. The third-order valence-electron chi connectivity index (χ3n) is 5.29. The Labute approximate surface area is 193 Å². The number of pyridine rings is 1. The minimum absolute atomic E-state index is 0.107. The van der Waals surface area contributed by atoms with Crippen LogP contribution in [0.3, 0.4) is 0 Å². The highest BCUT2D eigenvalue weighted by Gasteiger charge is 2.28. The first-order chi connectivity index (χ1) is 15.4. The number of nitrogens with one attached hydrogen (secondary N) is 1. The molecule has 0 bridgehead atoms. The second kappa shape index (κ2) is 8.31. The van der Waals surface area contributed by atoms with Crippen molar-refractivity contribution in [1.82, 2.24) is 15.0 Å². The number of rotatable bonds is 5. The maximum absolute atomic E-state index is 12.5. The van der Waals surface area contributed by atoms with Crippen molar-refractivity contribution in [2.45, 2.75) is 37.5 Å². The summed E-state index contributed by atoms with van der Waals surface area (Å²) in [5.41, 5.74) is 3.56. The Morgan fingerprint density at radius 3 is 3.03 bits per heavy atom. The first-order valence-corrected chi connectivity index (χ1v) is 12.0. The highest BCUT2D eigenvalue weighted by molar-refractivity contribution is 8.00. The molecule has 4 aromatic rings. The standard InChI is InChI=1S/C23H22N4O3S2/c1-23(2)9-17-13(10-30-23)7-16-19-20(32-21(16)27-17)22(25-12-24-19)31-11-18(28)26-14-5-4-6-15(8-14)29-3/h4-8,12H,9-11H2,1-3H3,(H,26,28). The number of nitrogens with zero attached hydrogens (tertiary/aromatic N) is 3. The lowest BCUT2D eigenvalue weighted by Gasteiger charge is -2.30. The molecule has 1 aromatic carbocycles. The molecule has 1 N–H and O–H groups in total. The van der Waals surface area contributed by atoms with Crippen molar-refractivity contribution in [2.24, 2.45) is 0 Å². The van der Waals surface area contributed by atoms with E-state index in [1.807, 2.05) is 18.2 Å². The summed E-state index contributed by atoms with van der Waals surface area (Å²) in [4.78, 5) is 27.3. The minimum Gasteiger partial charge on any atom is -0.497 e. The van der Waals surface area contributed by atoms with Crippen LogP contribution >= 0.6 is 23.1 Å². The van der Waals surface area contributed by atoms with E-state index in [2.05, 4.69) is 35.2 Å². The first-order valence-electron chi connectivity index (χ1n) is 10.2. The van der Waals surface area contributed by atoms with E-state index in [1.54, 1.807) is 30.8 Å². The Balaban J connectivity index is 1.39. The van der Waals surface area contributed by atoms with Gasteiger partial charge in [-0.2, -0.15) is 0 Å². The topological polar surface area (TPSA) is 86.2 Å². The predicted octanol–water partition coefficient (Wildman–Crippen LogP) is 4.83. The zero-order valence-electron chi connectivity index (χ0n) is 18.0. The van der Waals surface area contributed by atoms with Crippen LogP contribution in [0.2, 0.25) is 0 Å². The molecule has 0 fully saturated rings. The molecule has 0 saturated carbocycles. The van der Waals surface area contributed by atoms with Crippen LogP contribution in [0.5, 0.6) is 5.75 Å². The van der Waals surface area contributed by atoms with Crippen LogP contribution in [0.4, 0.5) is 5.69 Å². The van der Waals surface area contributed by atoms with E-state index in [0.717, 1.165) is 43.1 Å². The average molecular weight is 467 g/mol. The summed E-state index contributed by atoms with van der Waals surface area (Å²) in [5.74, 6) is 0.829. The van der Waals surface area contributed by atoms with Crippen LogP contribution in [0, 0.1) is 0 Å². The van der Waals surface area contributed by atoms with Crippen molar-refractivity contribution in [2.75, 3.05) is 18.2 Å². The van der Waals surface area contributed by atoms with Gasteiger partial charge >= 0.3 is 0 Å². The van der Waals surface area contributed by atoms with Crippen LogP contribution in [0.25, 0.3) is 20.4 Å². The number of thiophene rings is 1. The van der Waals surface area contributed by atoms with Crippen molar-refractivity contribution >= 4 is 55.1 Å². The molecule has 9 heteroatoms. The molecule has 4 heterocycles. The van der Waals surface area contributed by atoms with Gasteiger partial charge in [-0.3, -0.25) is 4.79 Å². The molecule has 0 radical (unpaired) electrons. The lowest BCUT2D eigenvalue weighted by atomic mass is 9.95. The summed E-state index contributed by atoms with van der Waals surface area (Å²) >= 11 is 2.97. The lowest BCUT2D eigenvalue weighted by molar-refractivity contribution is -0.113. The molecule has 164 valence electrons. The fourth-order valence-corrected chi connectivity index (χ4v) is 5.70. The molecular weight excluding hydrogens is 444 g/mol. The number of carbonyl (C=O) groups is 1. The van der Waals surface area contributed by atoms with Crippen LogP contribution in [0.1, 0.15) is 25.1 Å². The Kier molecular flexibility index (Phi) is 5.48. The van der Waals surface area contributed by atoms with Crippen molar-refractivity contribution in [3.63, 3.8) is 0 Å². The molecule has 0 atom stereocenters. The maximum Gasteiger partial charge on any atom is 0.234 e. The van der Waals surface area contributed by atoms with Crippen LogP contribution in [-0.4, -0.2) is 39.3 Å². The number of carbonyl (C=O) groups excluding carboxylic acids is 1. The second-order valence-corrected chi connectivity index (χ2v) is 10.2. The van der Waals surface area contributed by atoms with Gasteiger partial charge in [-0.05, 0) is 32.0 Å². The lowest BCUT2D eigenvalue weighted by Crippen LogP contribution is -2.32. The molecule has 0 aliphatic carbocycles. The largest absolute Gasteiger partial charge is 0.497 e. The number of methoxy groups -OCH3 is 1. The maximum atomic E-state index is 12.5. The van der Waals surface area contributed by atoms with E-state index in [9.17, 15) is 4.79 Å². The SMILES string of the molecule is COc1cccc(NC(=O)CSc2ncnc3c2sc2nc4c(cc23)COC(C)(C)C4)c1. The summed E-state index contributed by atoms with van der Waals surface area (Å²) in [6.45, 7) is 4.73. The Bertz CT molecular complexity index is 1340. The normalized spacial score (nSPS) is 15.0. The average Bonchev–Trinajstić information content (AvgIpc) is 3.13. The number of amides is 1. The Morgan fingerprint density at radius 1 is 1.31 bits per heavy atom. The highest BCUT2D eigenvalue weighted by atomic mass is 32.2. The molecule has 0 unspecified atom stereocenters. The van der Waals surface area contributed by atoms with Gasteiger partial charge in [0.25, 0.3) is 0 Å². The molecule has 1 aliphatic heterocycles. The van der Waals surface area contributed by atoms with Crippen LogP contribution < -0.4 is 10.1 Å². The summed E-state index contributed by atoms with van der Waals surface area (Å²) in [6.07, 6.45) is 2.33. The Hall–Kier alpha value is -2.75. The van der Waals surface area contributed by atoms with Crippen molar-refractivity contribution in [1.29, 1.82) is 0 Å². The van der Waals surface area contributed by atoms with E-state index in [0.29, 0.717) is 18.0 Å². The highest BCUT2D eigenvalue weighted by Crippen LogP contribution is 2.39. The van der Waals surface area contributed by atoms with E-state index < -0.39 is 0 Å². The number of benzene rings is 1. The fraction of sp³-hybridized carbons (Fsp3) is 0.304. The van der Waals surface area contributed by atoms with Gasteiger partial charge in [0, 0.05) is 29.1 Å². The number of fused-ring (bicyclic) bond motifs is 4. The van der Waals surface area contributed by atoms with E-state index in [-0.39, 0.29) is 17.3 Å². The monoisotopic (exact) mass is 466 g/mol. The fourth-order valence-electron chi connectivity index (χ4n) is 3.70. The van der Waals surface area contributed by atoms with Crippen LogP contribution in [0.15, 0.2) is 41.7 Å². The zero-order chi connectivity index (χ0) is 22.3. The van der Waals surface area contributed by atoms with Gasteiger partial charge in [-0.25, -0.2) is 15.0 Å². The van der Waals surface area contributed by atoms with Gasteiger partial charge in [0.2, 0.25) is 5.91 Å². The zero-order valence-corrected chi connectivity index (χ0v) is 19.6. The molecule has 32 heavy (non-hydrogen) atoms. The van der Waals surface area contributed by atoms with Crippen molar-refractivity contribution < 1.29 is 14.3 Å². The summed E-state index contributed by atoms with van der Waals surface area (Å²) in [7, 11) is 1.60. The molecular formula is C23H22N4O3S2. The molecule has 5 rings (SSSR count). The third-order valence-corrected chi connectivity index (χ3v) is 7.50. The van der Waals surface area contributed by atoms with Crippen molar-refractivity contribution in [3.8, 4) is 5.75 Å². The number of ether oxygens (including phenoxy) is 2. The predicted molar refractivity (Wildman–Crippen MR) is 128 cm³/mol. The van der Waals surface area contributed by atoms with Gasteiger partial charge < -0.3 is 14.8 Å². The number of aromatic nitrogens is 3. The summed E-state index contributed by atoms with van der Waals surface area (Å²) < 4.78 is 12.1. The second-order valence-electron chi connectivity index (χ2n) is 8.20. The van der Waals surface area contributed by atoms with Gasteiger partial charge in [0.1, 0.15) is 21.9 Å². The van der Waals surface area contributed by atoms with Gasteiger partial charge in [0.15, 0.2) is 0 Å². The Morgan fingerprint density at radius 2 is 2.19 bits per heavy atom. The molecule has 1 amide bonds. The molecule has 7 nitrogen and oxygen atoms in total. The van der Waals surface area contributed by atoms with E-state index in [4.69, 9.17) is 14.5 Å². The third kappa shape index (κ3) is 4.15. The van der Waals surface area contributed by atoms with Gasteiger partial charge in [-0.1, -0.05) is 17.8 Å².